The van der Waals surface area contributed by atoms with Gasteiger partial charge in [-0.1, -0.05) is 119 Å². The van der Waals surface area contributed by atoms with Crippen LogP contribution in [0.4, 0.5) is 18.0 Å². The Bertz CT molecular complexity index is 1180. The van der Waals surface area contributed by atoms with Crippen molar-refractivity contribution >= 4 is 22.7 Å². The molecule has 0 N–H and O–H groups in total. The summed E-state index contributed by atoms with van der Waals surface area (Å²) in [6.07, 6.45) is -8.68. The molecule has 1 fully saturated rings. The van der Waals surface area contributed by atoms with Gasteiger partial charge in [-0.2, -0.15) is 13.2 Å². The van der Waals surface area contributed by atoms with Crippen LogP contribution in [0, 0.1) is 11.8 Å². The van der Waals surface area contributed by atoms with Gasteiger partial charge < -0.3 is 13.6 Å². The lowest BCUT2D eigenvalue weighted by Crippen LogP contribution is -2.55. The number of alkyl halides is 3. The molecule has 280 valence electrons. The molecule has 6 nitrogen and oxygen atoms in total. The van der Waals surface area contributed by atoms with Gasteiger partial charge in [-0.05, 0) is 65.5 Å². The topological polar surface area (TPSA) is 51.2 Å². The minimum absolute atomic E-state index is 0.00921. The average Bonchev–Trinajstić information content (AvgIpc) is 3.31. The minimum atomic E-state index is -4.71. The lowest BCUT2D eigenvalue weighted by molar-refractivity contribution is -0.207. The van der Waals surface area contributed by atoms with Crippen molar-refractivity contribution in [1.82, 2.24) is 9.80 Å². The fourth-order valence-corrected chi connectivity index (χ4v) is 19.1. The van der Waals surface area contributed by atoms with E-state index in [1.165, 1.54) is 4.90 Å². The van der Waals surface area contributed by atoms with E-state index in [1.807, 2.05) is 6.07 Å². The summed E-state index contributed by atoms with van der Waals surface area (Å²) in [6.45, 7) is 31.5. The van der Waals surface area contributed by atoms with Crippen LogP contribution in [0.2, 0.25) is 33.2 Å². The van der Waals surface area contributed by atoms with Crippen molar-refractivity contribution in [3.8, 4) is 11.8 Å². The van der Waals surface area contributed by atoms with E-state index in [-0.39, 0.29) is 52.8 Å². The normalized spacial score (nSPS) is 18.5. The molecule has 11 heteroatoms. The number of nitrogens with zero attached hydrogens (tertiary/aromatic N) is 2. The Morgan fingerprint density at radius 2 is 1.22 bits per heavy atom. The molecule has 0 unspecified atom stereocenters. The number of hydrogen-bond acceptors (Lipinski definition) is 5. The van der Waals surface area contributed by atoms with Crippen LogP contribution < -0.4 is 0 Å². The fraction of sp³-hybridized carbons (Fsp3) is 0.763. The fourth-order valence-electron chi connectivity index (χ4n) is 8.42. The zero-order valence-electron chi connectivity index (χ0n) is 32.9. The molecule has 1 amide bonds. The minimum Gasteiger partial charge on any atom is -0.444 e. The van der Waals surface area contributed by atoms with Crippen LogP contribution in [0.5, 0.6) is 0 Å². The SMILES string of the molecule is CC(C)[Si](OC(C#CC[C@H]1CN(Cc2ccccc2)[C@@H](C(F)(F)F)N1C(=O)OC(C)(C)C)O[Si](C(C)C)(C(C)C)C(C)C)(C(C)C)C(C)C. The Labute approximate surface area is 298 Å². The van der Waals surface area contributed by atoms with Gasteiger partial charge in [0.05, 0.1) is 6.04 Å². The van der Waals surface area contributed by atoms with Gasteiger partial charge in [0, 0.05) is 19.5 Å². The van der Waals surface area contributed by atoms with Gasteiger partial charge >= 0.3 is 12.3 Å². The molecule has 1 aromatic carbocycles. The standard InChI is InChI=1S/C38H65F3N2O4Si2/c1-26(2)48(27(3)4,28(5)6)46-34(47-49(29(7)8,30(9)10)31(11)12)23-19-22-33-25-42(24-32-20-17-16-18-21-32)35(38(39,40)41)43(33)36(44)45-37(13,14)15/h16-18,20-21,26-31,33-35H,22,24-25H2,1-15H3/t33-,35+/m0/s1. The van der Waals surface area contributed by atoms with Gasteiger partial charge in [0.15, 0.2) is 6.17 Å². The van der Waals surface area contributed by atoms with Gasteiger partial charge in [-0.3, -0.25) is 9.80 Å². The highest BCUT2D eigenvalue weighted by Gasteiger charge is 2.57. The van der Waals surface area contributed by atoms with E-state index in [0.717, 1.165) is 10.5 Å². The number of benzene rings is 1. The third-order valence-corrected chi connectivity index (χ3v) is 22.2. The third kappa shape index (κ3) is 10.4. The molecule has 1 aliphatic heterocycles. The van der Waals surface area contributed by atoms with E-state index < -0.39 is 53.0 Å². The number of carbonyl (C=O) groups is 1. The van der Waals surface area contributed by atoms with Crippen LogP contribution >= 0.6 is 0 Å². The maximum absolute atomic E-state index is 14.8. The Balaban J connectivity index is 2.67. The first kappa shape index (κ1) is 43.3. The summed E-state index contributed by atoms with van der Waals surface area (Å²) in [5, 5.41) is 0. The van der Waals surface area contributed by atoms with Crippen molar-refractivity contribution in [3.63, 3.8) is 0 Å². The first-order valence-electron chi connectivity index (χ1n) is 18.1. The molecular formula is C38H65F3N2O4Si2. The molecular weight excluding hydrogens is 662 g/mol. The van der Waals surface area contributed by atoms with E-state index >= 15 is 0 Å². The van der Waals surface area contributed by atoms with Crippen LogP contribution in [0.3, 0.4) is 0 Å². The zero-order chi connectivity index (χ0) is 37.7. The van der Waals surface area contributed by atoms with Crippen molar-refractivity contribution < 1.29 is 31.6 Å². The maximum Gasteiger partial charge on any atom is 0.422 e. The monoisotopic (exact) mass is 726 g/mol. The van der Waals surface area contributed by atoms with Gasteiger partial charge in [0.2, 0.25) is 22.9 Å². The summed E-state index contributed by atoms with van der Waals surface area (Å²) in [4.78, 5) is 15.7. The Hall–Kier alpha value is -1.85. The van der Waals surface area contributed by atoms with Crippen LogP contribution in [-0.4, -0.2) is 69.3 Å². The van der Waals surface area contributed by atoms with E-state index in [4.69, 9.17) is 13.6 Å². The second kappa shape index (κ2) is 17.1. The lowest BCUT2D eigenvalue weighted by Gasteiger charge is -2.48. The molecule has 0 bridgehead atoms. The molecule has 0 spiro atoms. The summed E-state index contributed by atoms with van der Waals surface area (Å²) >= 11 is 0. The predicted molar refractivity (Wildman–Crippen MR) is 199 cm³/mol. The molecule has 0 aliphatic carbocycles. The summed E-state index contributed by atoms with van der Waals surface area (Å²) in [7, 11) is -4.94. The number of hydrogen-bond donors (Lipinski definition) is 0. The largest absolute Gasteiger partial charge is 0.444 e. The molecule has 0 saturated carbocycles. The number of carbonyl (C=O) groups excluding carboxylic acids is 1. The number of amides is 1. The van der Waals surface area contributed by atoms with Crippen LogP contribution in [0.25, 0.3) is 0 Å². The van der Waals surface area contributed by atoms with Crippen LogP contribution in [-0.2, 0) is 20.1 Å². The van der Waals surface area contributed by atoms with Crippen molar-refractivity contribution in [2.24, 2.45) is 0 Å². The Morgan fingerprint density at radius 3 is 1.59 bits per heavy atom. The highest BCUT2D eigenvalue weighted by Crippen LogP contribution is 2.47. The molecule has 2 rings (SSSR count). The van der Waals surface area contributed by atoms with E-state index in [2.05, 4.69) is 94.9 Å². The maximum atomic E-state index is 14.8. The lowest BCUT2D eigenvalue weighted by atomic mass is 10.2. The molecule has 1 aromatic rings. The smallest absolute Gasteiger partial charge is 0.422 e. The average molecular weight is 727 g/mol. The summed E-state index contributed by atoms with van der Waals surface area (Å²) in [5.41, 5.74) is 1.45. The van der Waals surface area contributed by atoms with Crippen LogP contribution in [0.1, 0.15) is 116 Å². The summed E-state index contributed by atoms with van der Waals surface area (Å²) in [5.74, 6) is 6.52. The Morgan fingerprint density at radius 1 is 0.796 bits per heavy atom. The molecule has 0 radical (unpaired) electrons. The zero-order valence-corrected chi connectivity index (χ0v) is 34.9. The quantitative estimate of drug-likeness (QED) is 0.115. The van der Waals surface area contributed by atoms with E-state index in [1.54, 1.807) is 45.0 Å². The van der Waals surface area contributed by atoms with Crippen molar-refractivity contribution in [2.45, 2.75) is 180 Å². The summed E-state index contributed by atoms with van der Waals surface area (Å²) < 4.78 is 64.5. The molecule has 2 atom stereocenters. The first-order chi connectivity index (χ1) is 22.4. The number of halogens is 3. The van der Waals surface area contributed by atoms with Gasteiger partial charge in [0.25, 0.3) is 0 Å². The molecule has 1 aliphatic rings. The molecule has 0 aromatic heterocycles. The van der Waals surface area contributed by atoms with Gasteiger partial charge in [0.1, 0.15) is 5.60 Å². The third-order valence-electron chi connectivity index (χ3n) is 10.2. The van der Waals surface area contributed by atoms with E-state index in [9.17, 15) is 18.0 Å². The van der Waals surface area contributed by atoms with Gasteiger partial charge in [-0.25, -0.2) is 4.79 Å². The highest BCUT2D eigenvalue weighted by atomic mass is 28.4. The number of rotatable bonds is 13. The Kier molecular flexibility index (Phi) is 15.1. The number of ether oxygens (including phenoxy) is 1. The molecule has 1 heterocycles. The molecule has 1 saturated heterocycles. The van der Waals surface area contributed by atoms with E-state index in [0.29, 0.717) is 0 Å². The second-order valence-corrected chi connectivity index (χ2v) is 27.4. The predicted octanol–water partition coefficient (Wildman–Crippen LogP) is 11.1. The van der Waals surface area contributed by atoms with Crippen molar-refractivity contribution in [2.75, 3.05) is 6.54 Å². The van der Waals surface area contributed by atoms with Crippen LogP contribution in [0.15, 0.2) is 30.3 Å². The highest BCUT2D eigenvalue weighted by molar-refractivity contribution is 6.78. The van der Waals surface area contributed by atoms with Gasteiger partial charge in [-0.15, -0.1) is 0 Å². The van der Waals surface area contributed by atoms with Crippen molar-refractivity contribution in [3.05, 3.63) is 35.9 Å². The molecule has 49 heavy (non-hydrogen) atoms. The van der Waals surface area contributed by atoms with Crippen molar-refractivity contribution in [1.29, 1.82) is 0 Å². The first-order valence-corrected chi connectivity index (χ1v) is 22.4. The second-order valence-electron chi connectivity index (χ2n) is 16.6. The summed E-state index contributed by atoms with van der Waals surface area (Å²) in [6, 6.07) is 8.15.